The van der Waals surface area contributed by atoms with Gasteiger partial charge in [-0.1, -0.05) is 17.7 Å². The van der Waals surface area contributed by atoms with Gasteiger partial charge >= 0.3 is 5.97 Å². The first-order chi connectivity index (χ1) is 10.9. The van der Waals surface area contributed by atoms with E-state index in [4.69, 9.17) is 28.9 Å². The Hall–Kier alpha value is -1.71. The topological polar surface area (TPSA) is 78.4 Å². The molecule has 1 amide bonds. The highest BCUT2D eigenvalue weighted by molar-refractivity contribution is 14.1. The summed E-state index contributed by atoms with van der Waals surface area (Å²) in [7, 11) is 0. The molecule has 0 aliphatic rings. The van der Waals surface area contributed by atoms with Crippen LogP contribution in [-0.4, -0.2) is 22.1 Å². The van der Waals surface area contributed by atoms with Gasteiger partial charge in [-0.15, -0.1) is 0 Å². The van der Waals surface area contributed by atoms with Gasteiger partial charge in [-0.05, 0) is 71.2 Å². The number of carbonyl (C=O) groups excluding carboxylic acids is 1. The number of benzene rings is 2. The second-order valence-electron chi connectivity index (χ2n) is 4.41. The number of thiocarbonyl (C=S) groups is 1. The molecule has 0 aromatic heterocycles. The molecule has 3 N–H and O–H groups in total. The van der Waals surface area contributed by atoms with Crippen molar-refractivity contribution in [3.05, 3.63) is 62.2 Å². The summed E-state index contributed by atoms with van der Waals surface area (Å²) in [4.78, 5) is 23.3. The third kappa shape index (κ3) is 4.88. The molecule has 23 heavy (non-hydrogen) atoms. The zero-order valence-electron chi connectivity index (χ0n) is 11.5. The number of halogens is 2. The first-order valence-electron chi connectivity index (χ1n) is 6.27. The Balaban J connectivity index is 2.11. The Bertz CT molecular complexity index is 798. The number of anilines is 1. The highest BCUT2D eigenvalue weighted by atomic mass is 127. The fourth-order valence-electron chi connectivity index (χ4n) is 1.76. The highest BCUT2D eigenvalue weighted by Crippen LogP contribution is 2.20. The van der Waals surface area contributed by atoms with Crippen molar-refractivity contribution in [1.82, 2.24) is 5.32 Å². The van der Waals surface area contributed by atoms with Crippen LogP contribution in [0.1, 0.15) is 20.7 Å². The molecular formula is C15H10ClIN2O3S. The molecule has 0 heterocycles. The van der Waals surface area contributed by atoms with E-state index in [0.29, 0.717) is 10.6 Å². The molecule has 2 aromatic rings. The number of amides is 1. The quantitative estimate of drug-likeness (QED) is 0.480. The van der Waals surface area contributed by atoms with Crippen molar-refractivity contribution in [2.45, 2.75) is 0 Å². The van der Waals surface area contributed by atoms with Crippen LogP contribution >= 0.6 is 46.4 Å². The van der Waals surface area contributed by atoms with Gasteiger partial charge in [-0.3, -0.25) is 10.1 Å². The molecule has 118 valence electrons. The number of hydrogen-bond donors (Lipinski definition) is 3. The van der Waals surface area contributed by atoms with Crippen molar-refractivity contribution < 1.29 is 14.7 Å². The smallest absolute Gasteiger partial charge is 0.337 e. The van der Waals surface area contributed by atoms with E-state index in [1.54, 1.807) is 18.2 Å². The highest BCUT2D eigenvalue weighted by Gasteiger charge is 2.13. The van der Waals surface area contributed by atoms with Gasteiger partial charge in [0.2, 0.25) is 0 Å². The van der Waals surface area contributed by atoms with E-state index in [1.165, 1.54) is 18.2 Å². The van der Waals surface area contributed by atoms with Gasteiger partial charge in [0.15, 0.2) is 5.11 Å². The van der Waals surface area contributed by atoms with E-state index in [1.807, 2.05) is 6.07 Å². The van der Waals surface area contributed by atoms with Crippen LogP contribution in [0.25, 0.3) is 0 Å². The first-order valence-corrected chi connectivity index (χ1v) is 8.14. The van der Waals surface area contributed by atoms with E-state index in [2.05, 4.69) is 33.2 Å². The summed E-state index contributed by atoms with van der Waals surface area (Å²) >= 11 is 12.9. The average molecular weight is 461 g/mol. The monoisotopic (exact) mass is 460 g/mol. The summed E-state index contributed by atoms with van der Waals surface area (Å²) in [6, 6.07) is 11.3. The maximum absolute atomic E-state index is 12.1. The predicted molar refractivity (Wildman–Crippen MR) is 101 cm³/mol. The van der Waals surface area contributed by atoms with Crippen LogP contribution in [-0.2, 0) is 0 Å². The number of carboxylic acid groups (broad SMARTS) is 1. The molecule has 2 aromatic carbocycles. The van der Waals surface area contributed by atoms with Crippen LogP contribution in [0.3, 0.4) is 0 Å². The Kier molecular flexibility index (Phi) is 5.91. The fraction of sp³-hybridized carbons (Fsp3) is 0. The zero-order valence-corrected chi connectivity index (χ0v) is 15.2. The Labute approximate surface area is 156 Å². The zero-order chi connectivity index (χ0) is 17.0. The Morgan fingerprint density at radius 2 is 1.91 bits per heavy atom. The van der Waals surface area contributed by atoms with E-state index < -0.39 is 5.97 Å². The fourth-order valence-corrected chi connectivity index (χ4v) is 2.68. The molecule has 0 saturated heterocycles. The molecule has 0 bridgehead atoms. The molecule has 0 unspecified atom stereocenters. The molecule has 0 atom stereocenters. The lowest BCUT2D eigenvalue weighted by Crippen LogP contribution is -2.34. The largest absolute Gasteiger partial charge is 0.478 e. The molecule has 2 rings (SSSR count). The van der Waals surface area contributed by atoms with Crippen LogP contribution in [0.15, 0.2) is 42.5 Å². The minimum Gasteiger partial charge on any atom is -0.478 e. The Morgan fingerprint density at radius 3 is 2.57 bits per heavy atom. The predicted octanol–water partition coefficient (Wildman–Crippen LogP) is 3.77. The van der Waals surface area contributed by atoms with Crippen molar-refractivity contribution in [2.24, 2.45) is 0 Å². The van der Waals surface area contributed by atoms with Gasteiger partial charge in [0.25, 0.3) is 5.91 Å². The summed E-state index contributed by atoms with van der Waals surface area (Å²) in [5.41, 5.74) is 0.661. The number of hydrogen-bond acceptors (Lipinski definition) is 3. The van der Waals surface area contributed by atoms with Gasteiger partial charge < -0.3 is 10.4 Å². The maximum atomic E-state index is 12.1. The second kappa shape index (κ2) is 7.71. The molecular weight excluding hydrogens is 451 g/mol. The molecule has 0 aliphatic heterocycles. The van der Waals surface area contributed by atoms with Gasteiger partial charge in [0, 0.05) is 14.2 Å². The van der Waals surface area contributed by atoms with Crippen molar-refractivity contribution >= 4 is 69.1 Å². The summed E-state index contributed by atoms with van der Waals surface area (Å²) in [5, 5.41) is 14.7. The normalized spacial score (nSPS) is 10.0. The van der Waals surface area contributed by atoms with Crippen molar-refractivity contribution in [1.29, 1.82) is 0 Å². The lowest BCUT2D eigenvalue weighted by Gasteiger charge is -2.12. The standard InChI is InChI=1S/C15H10ClIN2O3S/c16-9-4-5-12(11(7-9)14(21)22)18-15(23)19-13(20)8-2-1-3-10(17)6-8/h1-7H,(H,21,22)(H2,18,19,20,23). The van der Waals surface area contributed by atoms with Crippen LogP contribution in [0, 0.1) is 3.57 Å². The molecule has 5 nitrogen and oxygen atoms in total. The minimum atomic E-state index is -1.15. The third-order valence-corrected chi connectivity index (χ3v) is 3.88. The summed E-state index contributed by atoms with van der Waals surface area (Å²) in [6.07, 6.45) is 0. The third-order valence-electron chi connectivity index (χ3n) is 2.77. The van der Waals surface area contributed by atoms with Gasteiger partial charge in [-0.2, -0.15) is 0 Å². The van der Waals surface area contributed by atoms with Crippen LogP contribution in [0.5, 0.6) is 0 Å². The molecule has 0 saturated carbocycles. The number of rotatable bonds is 3. The lowest BCUT2D eigenvalue weighted by molar-refractivity contribution is 0.0698. The number of carboxylic acids is 1. The van der Waals surface area contributed by atoms with Crippen LogP contribution in [0.2, 0.25) is 5.02 Å². The number of aromatic carboxylic acids is 1. The van der Waals surface area contributed by atoms with Gasteiger partial charge in [0.05, 0.1) is 11.3 Å². The van der Waals surface area contributed by atoms with Crippen molar-refractivity contribution in [2.75, 3.05) is 5.32 Å². The van der Waals surface area contributed by atoms with E-state index in [0.717, 1.165) is 3.57 Å². The molecule has 0 fully saturated rings. The number of nitrogens with one attached hydrogen (secondary N) is 2. The van der Waals surface area contributed by atoms with Crippen LogP contribution < -0.4 is 10.6 Å². The van der Waals surface area contributed by atoms with Crippen LogP contribution in [0.4, 0.5) is 5.69 Å². The first kappa shape index (κ1) is 17.6. The molecule has 8 heteroatoms. The second-order valence-corrected chi connectivity index (χ2v) is 6.50. The average Bonchev–Trinajstić information content (AvgIpc) is 2.48. The maximum Gasteiger partial charge on any atom is 0.337 e. The Morgan fingerprint density at radius 1 is 1.17 bits per heavy atom. The summed E-state index contributed by atoms with van der Waals surface area (Å²) < 4.78 is 0.917. The van der Waals surface area contributed by atoms with Gasteiger partial charge in [-0.25, -0.2) is 4.79 Å². The SMILES string of the molecule is O=C(NC(=S)Nc1ccc(Cl)cc1C(=O)O)c1cccc(I)c1. The van der Waals surface area contributed by atoms with Gasteiger partial charge in [0.1, 0.15) is 0 Å². The molecule has 0 spiro atoms. The van der Waals surface area contributed by atoms with E-state index >= 15 is 0 Å². The molecule has 0 aliphatic carbocycles. The molecule has 0 radical (unpaired) electrons. The van der Waals surface area contributed by atoms with Crippen molar-refractivity contribution in [3.8, 4) is 0 Å². The lowest BCUT2D eigenvalue weighted by atomic mass is 10.2. The van der Waals surface area contributed by atoms with E-state index in [-0.39, 0.29) is 22.3 Å². The summed E-state index contributed by atoms with van der Waals surface area (Å²) in [6.45, 7) is 0. The van der Waals surface area contributed by atoms with E-state index in [9.17, 15) is 9.59 Å². The number of carbonyl (C=O) groups is 2. The van der Waals surface area contributed by atoms with Crippen molar-refractivity contribution in [3.63, 3.8) is 0 Å². The summed E-state index contributed by atoms with van der Waals surface area (Å²) in [5.74, 6) is -1.53. The minimum absolute atomic E-state index is 0.00122.